The van der Waals surface area contributed by atoms with Gasteiger partial charge in [-0.1, -0.05) is 19.4 Å². The van der Waals surface area contributed by atoms with E-state index in [0.717, 1.165) is 6.42 Å². The molecular weight excluding hydrogens is 236 g/mol. The largest absolute Gasteiger partial charge is 0.391 e. The Kier molecular flexibility index (Phi) is 5.26. The van der Waals surface area contributed by atoms with E-state index in [1.807, 2.05) is 6.92 Å². The molecule has 6 nitrogen and oxygen atoms in total. The fourth-order valence-corrected chi connectivity index (χ4v) is 1.51. The number of amides is 1. The number of aliphatic hydroxyl groups is 1. The van der Waals surface area contributed by atoms with E-state index in [1.54, 1.807) is 0 Å². The fourth-order valence-electron chi connectivity index (χ4n) is 1.51. The maximum absolute atomic E-state index is 11.7. The molecule has 18 heavy (non-hydrogen) atoms. The number of hydrogen-bond acceptors (Lipinski definition) is 4. The van der Waals surface area contributed by atoms with Crippen LogP contribution in [0.15, 0.2) is 24.3 Å². The summed E-state index contributed by atoms with van der Waals surface area (Å²) in [5, 5.41) is 22.6. The summed E-state index contributed by atoms with van der Waals surface area (Å²) in [6.45, 7) is 2.08. The number of nitrogens with one attached hydrogen (secondary N) is 1. The summed E-state index contributed by atoms with van der Waals surface area (Å²) in [6, 6.07) is 5.48. The summed E-state index contributed by atoms with van der Waals surface area (Å²) in [5.41, 5.74) is 0.0876. The lowest BCUT2D eigenvalue weighted by Gasteiger charge is -2.10. The summed E-state index contributed by atoms with van der Waals surface area (Å²) in [5.74, 6) is -0.422. The molecule has 98 valence electrons. The lowest BCUT2D eigenvalue weighted by molar-refractivity contribution is -0.384. The molecule has 0 heterocycles. The van der Waals surface area contributed by atoms with Crippen LogP contribution >= 0.6 is 0 Å². The van der Waals surface area contributed by atoms with Gasteiger partial charge in [0, 0.05) is 24.2 Å². The molecule has 0 saturated heterocycles. The van der Waals surface area contributed by atoms with Crippen LogP contribution in [0.1, 0.15) is 30.1 Å². The van der Waals surface area contributed by atoms with E-state index in [2.05, 4.69) is 5.32 Å². The third-order valence-electron chi connectivity index (χ3n) is 2.44. The van der Waals surface area contributed by atoms with Crippen molar-refractivity contribution < 1.29 is 14.8 Å². The molecule has 0 radical (unpaired) electrons. The Morgan fingerprint density at radius 3 is 2.89 bits per heavy atom. The van der Waals surface area contributed by atoms with Crippen molar-refractivity contribution in [3.63, 3.8) is 0 Å². The number of carbonyl (C=O) groups is 1. The molecule has 2 N–H and O–H groups in total. The lowest BCUT2D eigenvalue weighted by Crippen LogP contribution is -2.31. The molecule has 0 spiro atoms. The zero-order valence-corrected chi connectivity index (χ0v) is 10.1. The van der Waals surface area contributed by atoms with Gasteiger partial charge >= 0.3 is 0 Å². The van der Waals surface area contributed by atoms with E-state index in [9.17, 15) is 20.0 Å². The van der Waals surface area contributed by atoms with Crippen molar-refractivity contribution in [3.8, 4) is 0 Å². The molecule has 1 atom stereocenters. The van der Waals surface area contributed by atoms with E-state index in [4.69, 9.17) is 0 Å². The first kappa shape index (κ1) is 14.1. The first-order valence-corrected chi connectivity index (χ1v) is 5.75. The lowest BCUT2D eigenvalue weighted by atomic mass is 10.1. The van der Waals surface area contributed by atoms with Gasteiger partial charge in [0.2, 0.25) is 0 Å². The summed E-state index contributed by atoms with van der Waals surface area (Å²) >= 11 is 0. The Labute approximate surface area is 105 Å². The minimum atomic E-state index is -0.586. The normalized spacial score (nSPS) is 11.9. The molecule has 0 saturated carbocycles. The molecule has 0 bridgehead atoms. The van der Waals surface area contributed by atoms with E-state index >= 15 is 0 Å². The number of nitrogens with zero attached hydrogens (tertiary/aromatic N) is 1. The highest BCUT2D eigenvalue weighted by molar-refractivity contribution is 5.94. The van der Waals surface area contributed by atoms with Gasteiger partial charge in [-0.05, 0) is 12.5 Å². The monoisotopic (exact) mass is 252 g/mol. The third-order valence-corrected chi connectivity index (χ3v) is 2.44. The van der Waals surface area contributed by atoms with Crippen molar-refractivity contribution >= 4 is 11.6 Å². The van der Waals surface area contributed by atoms with Crippen molar-refractivity contribution in [1.29, 1.82) is 0 Å². The van der Waals surface area contributed by atoms with E-state index < -0.39 is 16.9 Å². The van der Waals surface area contributed by atoms with Gasteiger partial charge in [0.1, 0.15) is 0 Å². The standard InChI is InChI=1S/C12H16N2O4/c1-2-4-11(15)8-13-12(16)9-5-3-6-10(7-9)14(17)18/h3,5-7,11,15H,2,4,8H2,1H3,(H,13,16). The first-order valence-electron chi connectivity index (χ1n) is 5.75. The average Bonchev–Trinajstić information content (AvgIpc) is 2.36. The Balaban J connectivity index is 2.61. The van der Waals surface area contributed by atoms with Crippen LogP contribution in [0, 0.1) is 10.1 Å². The van der Waals surface area contributed by atoms with Crippen LogP contribution in [0.25, 0.3) is 0 Å². The molecule has 0 aromatic heterocycles. The highest BCUT2D eigenvalue weighted by atomic mass is 16.6. The predicted octanol–water partition coefficient (Wildman–Crippen LogP) is 1.49. The molecular formula is C12H16N2O4. The van der Waals surface area contributed by atoms with Crippen LogP contribution in [-0.2, 0) is 0 Å². The highest BCUT2D eigenvalue weighted by Gasteiger charge is 2.12. The number of aliphatic hydroxyl groups excluding tert-OH is 1. The average molecular weight is 252 g/mol. The molecule has 1 rings (SSSR count). The maximum atomic E-state index is 11.7. The van der Waals surface area contributed by atoms with E-state index in [1.165, 1.54) is 24.3 Å². The highest BCUT2D eigenvalue weighted by Crippen LogP contribution is 2.12. The molecule has 0 aliphatic rings. The molecule has 1 aromatic rings. The smallest absolute Gasteiger partial charge is 0.270 e. The quantitative estimate of drug-likeness (QED) is 0.592. The van der Waals surface area contributed by atoms with Gasteiger partial charge in [-0.2, -0.15) is 0 Å². The number of hydrogen-bond donors (Lipinski definition) is 2. The van der Waals surface area contributed by atoms with Gasteiger partial charge in [-0.3, -0.25) is 14.9 Å². The number of non-ortho nitro benzene ring substituents is 1. The second kappa shape index (κ2) is 6.70. The van der Waals surface area contributed by atoms with Crippen molar-refractivity contribution in [2.45, 2.75) is 25.9 Å². The number of nitro benzene ring substituents is 1. The zero-order valence-electron chi connectivity index (χ0n) is 10.1. The van der Waals surface area contributed by atoms with Gasteiger partial charge in [0.25, 0.3) is 11.6 Å². The Bertz CT molecular complexity index is 434. The van der Waals surface area contributed by atoms with Gasteiger partial charge in [0.15, 0.2) is 0 Å². The van der Waals surface area contributed by atoms with Crippen molar-refractivity contribution in [3.05, 3.63) is 39.9 Å². The maximum Gasteiger partial charge on any atom is 0.270 e. The summed E-state index contributed by atoms with van der Waals surface area (Å²) in [6.07, 6.45) is 0.848. The second-order valence-electron chi connectivity index (χ2n) is 3.96. The van der Waals surface area contributed by atoms with Crippen molar-refractivity contribution in [2.24, 2.45) is 0 Å². The van der Waals surface area contributed by atoms with Crippen molar-refractivity contribution in [1.82, 2.24) is 5.32 Å². The fraction of sp³-hybridized carbons (Fsp3) is 0.417. The molecule has 6 heteroatoms. The first-order chi connectivity index (χ1) is 8.54. The van der Waals surface area contributed by atoms with Crippen molar-refractivity contribution in [2.75, 3.05) is 6.54 Å². The van der Waals surface area contributed by atoms with E-state index in [-0.39, 0.29) is 17.8 Å². The van der Waals surface area contributed by atoms with Crippen LogP contribution in [0.3, 0.4) is 0 Å². The Morgan fingerprint density at radius 1 is 1.56 bits per heavy atom. The molecule has 0 aliphatic heterocycles. The third kappa shape index (κ3) is 4.14. The van der Waals surface area contributed by atoms with Crippen LogP contribution in [0.5, 0.6) is 0 Å². The second-order valence-corrected chi connectivity index (χ2v) is 3.96. The number of nitro groups is 1. The van der Waals surface area contributed by atoms with Crippen LogP contribution in [0.2, 0.25) is 0 Å². The molecule has 0 fully saturated rings. The van der Waals surface area contributed by atoms with Gasteiger partial charge < -0.3 is 10.4 Å². The summed E-state index contributed by atoms with van der Waals surface area (Å²) in [7, 11) is 0. The predicted molar refractivity (Wildman–Crippen MR) is 66.3 cm³/mol. The van der Waals surface area contributed by atoms with Gasteiger partial charge in [-0.15, -0.1) is 0 Å². The number of rotatable bonds is 6. The van der Waals surface area contributed by atoms with Crippen LogP contribution in [-0.4, -0.2) is 28.6 Å². The number of carbonyl (C=O) groups excluding carboxylic acids is 1. The molecule has 1 unspecified atom stereocenters. The Morgan fingerprint density at radius 2 is 2.28 bits per heavy atom. The minimum absolute atomic E-state index is 0.128. The molecule has 1 aromatic carbocycles. The van der Waals surface area contributed by atoms with Gasteiger partial charge in [-0.25, -0.2) is 0 Å². The van der Waals surface area contributed by atoms with Gasteiger partial charge in [0.05, 0.1) is 11.0 Å². The van der Waals surface area contributed by atoms with Crippen LogP contribution in [0.4, 0.5) is 5.69 Å². The molecule has 0 aliphatic carbocycles. The minimum Gasteiger partial charge on any atom is -0.391 e. The topological polar surface area (TPSA) is 92.5 Å². The SMILES string of the molecule is CCCC(O)CNC(=O)c1cccc([N+](=O)[O-])c1. The molecule has 1 amide bonds. The summed E-state index contributed by atoms with van der Waals surface area (Å²) in [4.78, 5) is 21.7. The number of benzene rings is 1. The van der Waals surface area contributed by atoms with Crippen LogP contribution < -0.4 is 5.32 Å². The Hall–Kier alpha value is -1.95. The van der Waals surface area contributed by atoms with E-state index in [0.29, 0.717) is 6.42 Å². The zero-order chi connectivity index (χ0) is 13.5. The summed E-state index contributed by atoms with van der Waals surface area (Å²) < 4.78 is 0.